The van der Waals surface area contributed by atoms with E-state index in [0.29, 0.717) is 0 Å². The van der Waals surface area contributed by atoms with E-state index in [1.807, 2.05) is 42.5 Å². The standard InChI is InChI=1S/C20H31O3PS/c1-4-7-17-25-20(18(11-5-2)12-6-3)24(22,23-16-15-21)19-13-9-8-10-14-19/h5-6,8-10,13-14,18,20-21H,2-4,7,11-12,15-17H2,1H3. The molecule has 0 spiro atoms. The lowest BCUT2D eigenvalue weighted by molar-refractivity contribution is 0.203. The Morgan fingerprint density at radius 2 is 1.88 bits per heavy atom. The molecule has 1 aromatic carbocycles. The average molecular weight is 383 g/mol. The van der Waals surface area contributed by atoms with Gasteiger partial charge < -0.3 is 9.63 Å². The van der Waals surface area contributed by atoms with Crippen LogP contribution in [0, 0.1) is 5.92 Å². The van der Waals surface area contributed by atoms with Crippen LogP contribution in [0.15, 0.2) is 55.6 Å². The Kier molecular flexibility index (Phi) is 11.2. The van der Waals surface area contributed by atoms with Crippen molar-refractivity contribution in [3.05, 3.63) is 55.6 Å². The van der Waals surface area contributed by atoms with Crippen LogP contribution in [0.3, 0.4) is 0 Å². The molecule has 1 aromatic rings. The number of thioether (sulfide) groups is 1. The molecule has 0 aromatic heterocycles. The lowest BCUT2D eigenvalue weighted by atomic mass is 10.0. The Balaban J connectivity index is 3.26. The van der Waals surface area contributed by atoms with Crippen molar-refractivity contribution >= 4 is 24.4 Å². The topological polar surface area (TPSA) is 46.5 Å². The van der Waals surface area contributed by atoms with Crippen LogP contribution in [0.5, 0.6) is 0 Å². The number of rotatable bonds is 14. The summed E-state index contributed by atoms with van der Waals surface area (Å²) in [5.41, 5.74) is 0. The minimum absolute atomic E-state index is 0.0753. The molecule has 1 N–H and O–H groups in total. The predicted octanol–water partition coefficient (Wildman–Crippen LogP) is 5.23. The Bertz CT molecular complexity index is 537. The SMILES string of the molecule is C=CCC(CC=C)C(SCCCC)P(=O)(OCCO)c1ccccc1. The summed E-state index contributed by atoms with van der Waals surface area (Å²) in [4.78, 5) is -0.177. The van der Waals surface area contributed by atoms with Crippen LogP contribution in [0.2, 0.25) is 0 Å². The molecule has 0 aliphatic carbocycles. The van der Waals surface area contributed by atoms with E-state index >= 15 is 0 Å². The first-order valence-electron chi connectivity index (χ1n) is 8.88. The number of hydrogen-bond acceptors (Lipinski definition) is 4. The first-order chi connectivity index (χ1) is 12.1. The smallest absolute Gasteiger partial charge is 0.245 e. The summed E-state index contributed by atoms with van der Waals surface area (Å²) in [6, 6.07) is 9.40. The molecule has 3 nitrogen and oxygen atoms in total. The summed E-state index contributed by atoms with van der Waals surface area (Å²) in [5.74, 6) is 1.08. The lowest BCUT2D eigenvalue weighted by Crippen LogP contribution is -2.25. The highest BCUT2D eigenvalue weighted by Crippen LogP contribution is 2.59. The second kappa shape index (κ2) is 12.5. The number of unbranched alkanes of at least 4 members (excludes halogenated alkanes) is 1. The van der Waals surface area contributed by atoms with Crippen molar-refractivity contribution in [2.45, 2.75) is 37.6 Å². The van der Waals surface area contributed by atoms with E-state index in [1.54, 1.807) is 11.8 Å². The summed E-state index contributed by atoms with van der Waals surface area (Å²) in [6.45, 7) is 9.81. The Morgan fingerprint density at radius 3 is 2.40 bits per heavy atom. The Labute approximate surface area is 157 Å². The largest absolute Gasteiger partial charge is 0.394 e. The molecule has 2 atom stereocenters. The van der Waals surface area contributed by atoms with E-state index in [2.05, 4.69) is 20.1 Å². The number of benzene rings is 1. The minimum Gasteiger partial charge on any atom is -0.394 e. The number of aliphatic hydroxyl groups excluding tert-OH is 1. The Hall–Kier alpha value is -0.800. The van der Waals surface area contributed by atoms with Crippen molar-refractivity contribution < 1.29 is 14.2 Å². The maximum Gasteiger partial charge on any atom is 0.245 e. The molecule has 0 heterocycles. The van der Waals surface area contributed by atoms with Gasteiger partial charge in [0.1, 0.15) is 0 Å². The van der Waals surface area contributed by atoms with Crippen molar-refractivity contribution in [1.82, 2.24) is 0 Å². The summed E-state index contributed by atoms with van der Waals surface area (Å²) < 4.78 is 19.9. The normalized spacial score (nSPS) is 14.8. The molecule has 25 heavy (non-hydrogen) atoms. The van der Waals surface area contributed by atoms with Gasteiger partial charge in [-0.1, -0.05) is 43.7 Å². The van der Waals surface area contributed by atoms with E-state index in [1.165, 1.54) is 0 Å². The number of hydrogen-bond donors (Lipinski definition) is 1. The molecule has 0 amide bonds. The molecule has 0 aliphatic heterocycles. The molecule has 2 unspecified atom stereocenters. The summed E-state index contributed by atoms with van der Waals surface area (Å²) in [5, 5.41) is 9.95. The molecular weight excluding hydrogens is 351 g/mol. The van der Waals surface area contributed by atoms with Crippen molar-refractivity contribution in [2.75, 3.05) is 19.0 Å². The molecule has 0 radical (unpaired) electrons. The van der Waals surface area contributed by atoms with E-state index in [4.69, 9.17) is 4.52 Å². The first kappa shape index (κ1) is 22.2. The van der Waals surface area contributed by atoms with Crippen LogP contribution in [-0.4, -0.2) is 29.1 Å². The fourth-order valence-electron chi connectivity index (χ4n) is 2.72. The van der Waals surface area contributed by atoms with Crippen LogP contribution in [0.1, 0.15) is 32.6 Å². The van der Waals surface area contributed by atoms with Crippen LogP contribution in [0.4, 0.5) is 0 Å². The third-order valence-corrected chi connectivity index (χ3v) is 9.16. The van der Waals surface area contributed by atoms with Crippen LogP contribution in [-0.2, 0) is 9.09 Å². The molecule has 1 rings (SSSR count). The molecule has 0 fully saturated rings. The quantitative estimate of drug-likeness (QED) is 0.272. The van der Waals surface area contributed by atoms with E-state index in [0.717, 1.165) is 36.7 Å². The summed E-state index contributed by atoms with van der Waals surface area (Å²) >= 11 is 1.72. The van der Waals surface area contributed by atoms with Gasteiger partial charge in [-0.15, -0.1) is 24.9 Å². The number of allylic oxidation sites excluding steroid dienone is 2. The zero-order valence-electron chi connectivity index (χ0n) is 15.2. The lowest BCUT2D eigenvalue weighted by Gasteiger charge is -2.33. The monoisotopic (exact) mass is 382 g/mol. The Morgan fingerprint density at radius 1 is 1.24 bits per heavy atom. The van der Waals surface area contributed by atoms with E-state index < -0.39 is 7.37 Å². The van der Waals surface area contributed by atoms with Crippen LogP contribution >= 0.6 is 19.1 Å². The molecule has 5 heteroatoms. The van der Waals surface area contributed by atoms with Gasteiger partial charge in [-0.2, -0.15) is 0 Å². The van der Waals surface area contributed by atoms with Gasteiger partial charge in [-0.25, -0.2) is 0 Å². The van der Waals surface area contributed by atoms with Gasteiger partial charge in [0.25, 0.3) is 0 Å². The van der Waals surface area contributed by atoms with E-state index in [9.17, 15) is 9.67 Å². The van der Waals surface area contributed by atoms with Gasteiger partial charge in [-0.3, -0.25) is 4.57 Å². The zero-order valence-corrected chi connectivity index (χ0v) is 16.9. The highest BCUT2D eigenvalue weighted by atomic mass is 32.2. The molecule has 140 valence electrons. The fourth-order valence-corrected chi connectivity index (χ4v) is 7.89. The predicted molar refractivity (Wildman–Crippen MR) is 111 cm³/mol. The van der Waals surface area contributed by atoms with Gasteiger partial charge in [0, 0.05) is 5.30 Å². The average Bonchev–Trinajstić information content (AvgIpc) is 2.64. The van der Waals surface area contributed by atoms with E-state index in [-0.39, 0.29) is 24.1 Å². The van der Waals surface area contributed by atoms with Gasteiger partial charge in [0.05, 0.1) is 18.2 Å². The fraction of sp³-hybridized carbons (Fsp3) is 0.500. The maximum absolute atomic E-state index is 14.0. The second-order valence-corrected chi connectivity index (χ2v) is 10.0. The molecular formula is C20H31O3PS. The summed E-state index contributed by atoms with van der Waals surface area (Å²) in [6.07, 6.45) is 7.45. The minimum atomic E-state index is -3.15. The molecule has 0 saturated carbocycles. The van der Waals surface area contributed by atoms with Crippen molar-refractivity contribution in [2.24, 2.45) is 5.92 Å². The van der Waals surface area contributed by atoms with Gasteiger partial charge >= 0.3 is 0 Å². The second-order valence-electron chi connectivity index (χ2n) is 5.91. The van der Waals surface area contributed by atoms with Crippen LogP contribution in [0.25, 0.3) is 0 Å². The number of aliphatic hydroxyl groups is 1. The van der Waals surface area contributed by atoms with Crippen molar-refractivity contribution in [3.63, 3.8) is 0 Å². The molecule has 0 saturated heterocycles. The maximum atomic E-state index is 14.0. The van der Waals surface area contributed by atoms with Crippen LogP contribution < -0.4 is 5.30 Å². The van der Waals surface area contributed by atoms with Gasteiger partial charge in [0.2, 0.25) is 7.37 Å². The first-order valence-corrected chi connectivity index (χ1v) is 11.6. The third-order valence-electron chi connectivity index (χ3n) is 3.95. The third kappa shape index (κ3) is 6.79. The zero-order chi connectivity index (χ0) is 18.5. The highest BCUT2D eigenvalue weighted by molar-refractivity contribution is 8.06. The van der Waals surface area contributed by atoms with Gasteiger partial charge in [-0.05, 0) is 43.1 Å². The molecule has 0 aliphatic rings. The summed E-state index contributed by atoms with van der Waals surface area (Å²) in [7, 11) is -3.15. The highest BCUT2D eigenvalue weighted by Gasteiger charge is 2.40. The van der Waals surface area contributed by atoms with Crippen molar-refractivity contribution in [3.8, 4) is 0 Å². The molecule has 0 bridgehead atoms. The van der Waals surface area contributed by atoms with Crippen molar-refractivity contribution in [1.29, 1.82) is 0 Å². The van der Waals surface area contributed by atoms with Gasteiger partial charge in [0.15, 0.2) is 0 Å².